The summed E-state index contributed by atoms with van der Waals surface area (Å²) in [4.78, 5) is 7.36. The van der Waals surface area contributed by atoms with Gasteiger partial charge in [0.15, 0.2) is 0 Å². The van der Waals surface area contributed by atoms with Crippen LogP contribution in [0, 0.1) is 5.82 Å². The first-order chi connectivity index (χ1) is 12.6. The third-order valence-electron chi connectivity index (χ3n) is 4.77. The first-order valence-electron chi connectivity index (χ1n) is 8.66. The predicted octanol–water partition coefficient (Wildman–Crippen LogP) is 4.72. The molecule has 1 aliphatic heterocycles. The standard InChI is InChI=1S/C22H20FN2P/c1-15-21(16-7-11-18(23)12-8-16)24-22(17-9-13-20(26)14-10-17)25(15)19-5-3-2-4-6-19/h2-15,22H,26H2,1H3. The van der Waals surface area contributed by atoms with Crippen molar-refractivity contribution in [1.29, 1.82) is 0 Å². The lowest BCUT2D eigenvalue weighted by atomic mass is 10.0. The van der Waals surface area contributed by atoms with Crippen LogP contribution in [0.5, 0.6) is 0 Å². The van der Waals surface area contributed by atoms with Crippen molar-refractivity contribution in [2.45, 2.75) is 19.1 Å². The van der Waals surface area contributed by atoms with Crippen molar-refractivity contribution in [2.24, 2.45) is 4.99 Å². The highest BCUT2D eigenvalue weighted by Crippen LogP contribution is 2.37. The zero-order valence-electron chi connectivity index (χ0n) is 14.5. The quantitative estimate of drug-likeness (QED) is 0.616. The summed E-state index contributed by atoms with van der Waals surface area (Å²) in [5, 5.41) is 1.15. The molecule has 3 atom stereocenters. The molecule has 0 amide bonds. The first-order valence-corrected chi connectivity index (χ1v) is 9.23. The van der Waals surface area contributed by atoms with Gasteiger partial charge < -0.3 is 4.90 Å². The Labute approximate surface area is 155 Å². The van der Waals surface area contributed by atoms with Crippen molar-refractivity contribution >= 4 is 25.9 Å². The molecular formula is C22H20FN2P. The second-order valence-corrected chi connectivity index (χ2v) is 7.15. The van der Waals surface area contributed by atoms with E-state index in [0.29, 0.717) is 0 Å². The van der Waals surface area contributed by atoms with E-state index in [1.807, 2.05) is 30.3 Å². The van der Waals surface area contributed by atoms with Gasteiger partial charge in [-0.05, 0) is 47.6 Å². The molecule has 0 radical (unpaired) electrons. The van der Waals surface area contributed by atoms with Gasteiger partial charge in [-0.15, -0.1) is 9.24 Å². The minimum atomic E-state index is -0.229. The zero-order chi connectivity index (χ0) is 18.1. The Kier molecular flexibility index (Phi) is 4.57. The molecule has 3 unspecified atom stereocenters. The highest BCUT2D eigenvalue weighted by Gasteiger charge is 2.35. The SMILES string of the molecule is CC1C(c2ccc(F)cc2)=NC(c2ccc(P)cc2)N1c1ccccc1. The molecule has 4 rings (SSSR count). The number of aliphatic imine (C=N–C) groups is 1. The summed E-state index contributed by atoms with van der Waals surface area (Å²) in [6.07, 6.45) is -0.0990. The van der Waals surface area contributed by atoms with Gasteiger partial charge in [0.05, 0.1) is 11.8 Å². The van der Waals surface area contributed by atoms with Gasteiger partial charge >= 0.3 is 0 Å². The molecule has 2 nitrogen and oxygen atoms in total. The van der Waals surface area contributed by atoms with E-state index in [2.05, 4.69) is 57.5 Å². The minimum absolute atomic E-state index is 0.0866. The molecule has 1 aliphatic rings. The Morgan fingerprint density at radius 3 is 2.19 bits per heavy atom. The molecule has 0 aliphatic carbocycles. The van der Waals surface area contributed by atoms with Gasteiger partial charge in [-0.1, -0.05) is 54.6 Å². The van der Waals surface area contributed by atoms with Gasteiger partial charge in [0.25, 0.3) is 0 Å². The van der Waals surface area contributed by atoms with Crippen molar-refractivity contribution in [1.82, 2.24) is 0 Å². The maximum Gasteiger partial charge on any atom is 0.148 e. The van der Waals surface area contributed by atoms with E-state index in [1.165, 1.54) is 12.1 Å². The zero-order valence-corrected chi connectivity index (χ0v) is 15.7. The summed E-state index contributed by atoms with van der Waals surface area (Å²) >= 11 is 0. The molecule has 0 saturated heterocycles. The smallest absolute Gasteiger partial charge is 0.148 e. The molecular weight excluding hydrogens is 342 g/mol. The minimum Gasteiger partial charge on any atom is -0.337 e. The molecule has 0 bridgehead atoms. The molecule has 0 fully saturated rings. The summed E-state index contributed by atoms with van der Waals surface area (Å²) in [5.41, 5.74) is 4.21. The van der Waals surface area contributed by atoms with E-state index >= 15 is 0 Å². The van der Waals surface area contributed by atoms with Crippen molar-refractivity contribution in [3.8, 4) is 0 Å². The Hall–Kier alpha value is -2.51. The molecule has 4 heteroatoms. The summed E-state index contributed by atoms with van der Waals surface area (Å²) < 4.78 is 13.3. The second kappa shape index (κ2) is 7.01. The summed E-state index contributed by atoms with van der Waals surface area (Å²) in [7, 11) is 2.71. The van der Waals surface area contributed by atoms with E-state index < -0.39 is 0 Å². The topological polar surface area (TPSA) is 15.6 Å². The highest BCUT2D eigenvalue weighted by molar-refractivity contribution is 7.27. The molecule has 26 heavy (non-hydrogen) atoms. The lowest BCUT2D eigenvalue weighted by Gasteiger charge is -2.30. The van der Waals surface area contributed by atoms with Crippen LogP contribution in [-0.2, 0) is 0 Å². The fourth-order valence-electron chi connectivity index (χ4n) is 3.45. The van der Waals surface area contributed by atoms with Crippen molar-refractivity contribution < 1.29 is 4.39 Å². The lowest BCUT2D eigenvalue weighted by Crippen LogP contribution is -2.35. The highest BCUT2D eigenvalue weighted by atomic mass is 31.0. The van der Waals surface area contributed by atoms with Gasteiger partial charge in [-0.3, -0.25) is 4.99 Å². The van der Waals surface area contributed by atoms with Crippen molar-refractivity contribution in [2.75, 3.05) is 4.90 Å². The Morgan fingerprint density at radius 2 is 1.54 bits per heavy atom. The molecule has 130 valence electrons. The van der Waals surface area contributed by atoms with Gasteiger partial charge in [0.1, 0.15) is 12.0 Å². The van der Waals surface area contributed by atoms with Crippen molar-refractivity contribution in [3.63, 3.8) is 0 Å². The predicted molar refractivity (Wildman–Crippen MR) is 110 cm³/mol. The van der Waals surface area contributed by atoms with Gasteiger partial charge in [0.2, 0.25) is 0 Å². The van der Waals surface area contributed by atoms with E-state index in [4.69, 9.17) is 4.99 Å². The third kappa shape index (κ3) is 3.15. The largest absolute Gasteiger partial charge is 0.337 e. The van der Waals surface area contributed by atoms with E-state index in [9.17, 15) is 4.39 Å². The fourth-order valence-corrected chi connectivity index (χ4v) is 3.64. The number of rotatable bonds is 3. The van der Waals surface area contributed by atoms with Crippen LogP contribution in [0.4, 0.5) is 10.1 Å². The molecule has 0 spiro atoms. The fraction of sp³-hybridized carbons (Fsp3) is 0.136. The molecule has 3 aromatic carbocycles. The third-order valence-corrected chi connectivity index (χ3v) is 5.15. The van der Waals surface area contributed by atoms with Gasteiger partial charge in [-0.25, -0.2) is 4.39 Å². The van der Waals surface area contributed by atoms with E-state index in [1.54, 1.807) is 0 Å². The average Bonchev–Trinajstić information content (AvgIpc) is 3.01. The maximum atomic E-state index is 13.3. The van der Waals surface area contributed by atoms with Gasteiger partial charge in [-0.2, -0.15) is 0 Å². The molecule has 1 heterocycles. The van der Waals surface area contributed by atoms with Crippen molar-refractivity contribution in [3.05, 3.63) is 95.8 Å². The monoisotopic (exact) mass is 362 g/mol. The average molecular weight is 362 g/mol. The van der Waals surface area contributed by atoms with Crippen LogP contribution >= 0.6 is 9.24 Å². The molecule has 0 N–H and O–H groups in total. The molecule has 3 aromatic rings. The van der Waals surface area contributed by atoms with Crippen LogP contribution in [-0.4, -0.2) is 11.8 Å². The molecule has 0 aromatic heterocycles. The van der Waals surface area contributed by atoms with Crippen LogP contribution in [0.1, 0.15) is 24.2 Å². The molecule has 0 saturated carbocycles. The number of benzene rings is 3. The number of hydrogen-bond donors (Lipinski definition) is 0. The normalized spacial score (nSPS) is 19.5. The van der Waals surface area contributed by atoms with Gasteiger partial charge in [0, 0.05) is 5.69 Å². The number of anilines is 1. The number of para-hydroxylation sites is 1. The summed E-state index contributed by atoms with van der Waals surface area (Å²) in [5.74, 6) is -0.229. The number of halogens is 1. The first kappa shape index (κ1) is 16.9. The van der Waals surface area contributed by atoms with Crippen LogP contribution in [0.2, 0.25) is 0 Å². The van der Waals surface area contributed by atoms with Crippen LogP contribution in [0.15, 0.2) is 83.9 Å². The lowest BCUT2D eigenvalue weighted by molar-refractivity contribution is 0.627. The van der Waals surface area contributed by atoms with Crippen LogP contribution in [0.3, 0.4) is 0 Å². The van der Waals surface area contributed by atoms with Crippen LogP contribution < -0.4 is 10.2 Å². The maximum absolute atomic E-state index is 13.3. The Morgan fingerprint density at radius 1 is 0.885 bits per heavy atom. The number of hydrogen-bond acceptors (Lipinski definition) is 2. The summed E-state index contributed by atoms with van der Waals surface area (Å²) in [6, 6.07) is 25.4. The Balaban J connectivity index is 1.80. The van der Waals surface area contributed by atoms with E-state index in [-0.39, 0.29) is 18.0 Å². The number of nitrogens with zero attached hydrogens (tertiary/aromatic N) is 2. The summed E-state index contributed by atoms with van der Waals surface area (Å²) in [6.45, 7) is 2.15. The van der Waals surface area contributed by atoms with Crippen LogP contribution in [0.25, 0.3) is 0 Å². The second-order valence-electron chi connectivity index (χ2n) is 6.48. The Bertz CT molecular complexity index is 921. The van der Waals surface area contributed by atoms with E-state index in [0.717, 1.165) is 27.8 Å².